The number of hydrogen-bond acceptors (Lipinski definition) is 1. The minimum absolute atomic E-state index is 0.674. The van der Waals surface area contributed by atoms with Gasteiger partial charge in [-0.2, -0.15) is 0 Å². The Kier molecular flexibility index (Phi) is 2.55. The molecule has 0 aromatic carbocycles. The summed E-state index contributed by atoms with van der Waals surface area (Å²) in [6.45, 7) is 0. The smallest absolute Gasteiger partial charge is 0.0270 e. The van der Waals surface area contributed by atoms with Gasteiger partial charge in [-0.25, -0.2) is 0 Å². The Morgan fingerprint density at radius 3 is 2.53 bits per heavy atom. The molecule has 2 heteroatoms. The zero-order valence-electron chi connectivity index (χ0n) is 8.77. The molecular formula is C13H16BrN. The lowest BCUT2D eigenvalue weighted by molar-refractivity contribution is 0.471. The number of halogens is 1. The predicted molar refractivity (Wildman–Crippen MR) is 65.0 cm³/mol. The van der Waals surface area contributed by atoms with Crippen LogP contribution in [0, 0.1) is 17.8 Å². The molecule has 0 N–H and O–H groups in total. The van der Waals surface area contributed by atoms with E-state index in [0.29, 0.717) is 4.83 Å². The first-order chi connectivity index (χ1) is 7.33. The summed E-state index contributed by atoms with van der Waals surface area (Å²) in [5, 5.41) is 0. The number of aromatic nitrogens is 1. The standard InChI is InChI=1S/C13H16BrN/c14-13(5-9-1-3-15-4-2-9)12-7-10-6-11(10)8-12/h1-4,10-13H,5-8H2. The monoisotopic (exact) mass is 265 g/mol. The molecule has 3 unspecified atom stereocenters. The Hall–Kier alpha value is -0.370. The highest BCUT2D eigenvalue weighted by atomic mass is 79.9. The molecule has 2 aliphatic carbocycles. The van der Waals surface area contributed by atoms with Crippen LogP contribution in [0.15, 0.2) is 24.5 Å². The van der Waals surface area contributed by atoms with Gasteiger partial charge < -0.3 is 0 Å². The molecule has 0 radical (unpaired) electrons. The fraction of sp³-hybridized carbons (Fsp3) is 0.615. The van der Waals surface area contributed by atoms with Gasteiger partial charge in [-0.1, -0.05) is 15.9 Å². The summed E-state index contributed by atoms with van der Waals surface area (Å²) < 4.78 is 0. The number of pyridine rings is 1. The van der Waals surface area contributed by atoms with Crippen molar-refractivity contribution < 1.29 is 0 Å². The maximum Gasteiger partial charge on any atom is 0.0270 e. The van der Waals surface area contributed by atoms with Crippen LogP contribution < -0.4 is 0 Å². The van der Waals surface area contributed by atoms with Crippen molar-refractivity contribution in [1.29, 1.82) is 0 Å². The van der Waals surface area contributed by atoms with Gasteiger partial charge in [-0.15, -0.1) is 0 Å². The van der Waals surface area contributed by atoms with Crippen LogP contribution in [0.3, 0.4) is 0 Å². The molecule has 3 rings (SSSR count). The first-order valence-corrected chi connectivity index (χ1v) is 6.77. The predicted octanol–water partition coefficient (Wildman–Crippen LogP) is 3.43. The zero-order valence-corrected chi connectivity index (χ0v) is 10.4. The van der Waals surface area contributed by atoms with Crippen molar-refractivity contribution in [2.24, 2.45) is 17.8 Å². The summed E-state index contributed by atoms with van der Waals surface area (Å²) in [5.41, 5.74) is 1.41. The van der Waals surface area contributed by atoms with Crippen molar-refractivity contribution in [3.8, 4) is 0 Å². The lowest BCUT2D eigenvalue weighted by Gasteiger charge is -2.18. The van der Waals surface area contributed by atoms with E-state index < -0.39 is 0 Å². The third-order valence-corrected chi connectivity index (χ3v) is 5.04. The first-order valence-electron chi connectivity index (χ1n) is 5.86. The highest BCUT2D eigenvalue weighted by Crippen LogP contribution is 2.56. The Morgan fingerprint density at radius 1 is 1.20 bits per heavy atom. The van der Waals surface area contributed by atoms with E-state index in [2.05, 4.69) is 33.0 Å². The van der Waals surface area contributed by atoms with E-state index in [1.807, 2.05) is 12.4 Å². The van der Waals surface area contributed by atoms with Crippen LogP contribution in [0.5, 0.6) is 0 Å². The number of alkyl halides is 1. The minimum Gasteiger partial charge on any atom is -0.265 e. The topological polar surface area (TPSA) is 12.9 Å². The Balaban J connectivity index is 1.59. The van der Waals surface area contributed by atoms with E-state index in [-0.39, 0.29) is 0 Å². The third-order valence-electron chi connectivity index (χ3n) is 3.97. The van der Waals surface area contributed by atoms with Gasteiger partial charge in [0.15, 0.2) is 0 Å². The summed E-state index contributed by atoms with van der Waals surface area (Å²) >= 11 is 3.87. The van der Waals surface area contributed by atoms with E-state index in [1.54, 1.807) is 0 Å². The molecule has 1 aromatic rings. The van der Waals surface area contributed by atoms with Gasteiger partial charge in [-0.3, -0.25) is 4.98 Å². The summed E-state index contributed by atoms with van der Waals surface area (Å²) in [7, 11) is 0. The number of fused-ring (bicyclic) bond motifs is 1. The first kappa shape index (κ1) is 9.83. The third kappa shape index (κ3) is 2.10. The van der Waals surface area contributed by atoms with Crippen molar-refractivity contribution in [2.75, 3.05) is 0 Å². The van der Waals surface area contributed by atoms with Crippen LogP contribution in [-0.2, 0) is 6.42 Å². The van der Waals surface area contributed by atoms with Gasteiger partial charge in [0.2, 0.25) is 0 Å². The summed E-state index contributed by atoms with van der Waals surface area (Å²) in [4.78, 5) is 4.73. The molecule has 2 fully saturated rings. The van der Waals surface area contributed by atoms with Crippen molar-refractivity contribution in [2.45, 2.75) is 30.5 Å². The molecule has 2 aliphatic rings. The minimum atomic E-state index is 0.674. The second kappa shape index (κ2) is 3.89. The van der Waals surface area contributed by atoms with Crippen LogP contribution in [0.4, 0.5) is 0 Å². The van der Waals surface area contributed by atoms with Crippen LogP contribution >= 0.6 is 15.9 Å². The fourth-order valence-corrected chi connectivity index (χ4v) is 3.77. The average Bonchev–Trinajstić information content (AvgIpc) is 2.87. The van der Waals surface area contributed by atoms with Gasteiger partial charge in [0.25, 0.3) is 0 Å². The average molecular weight is 266 g/mol. The van der Waals surface area contributed by atoms with Gasteiger partial charge in [0, 0.05) is 17.2 Å². The molecule has 0 bridgehead atoms. The molecule has 0 aliphatic heterocycles. The van der Waals surface area contributed by atoms with Crippen LogP contribution in [0.2, 0.25) is 0 Å². The number of hydrogen-bond donors (Lipinski definition) is 0. The van der Waals surface area contributed by atoms with Gasteiger partial charge in [-0.05, 0) is 61.1 Å². The largest absolute Gasteiger partial charge is 0.265 e. The van der Waals surface area contributed by atoms with E-state index in [0.717, 1.165) is 24.2 Å². The molecule has 0 amide bonds. The normalized spacial score (nSPS) is 34.9. The molecule has 2 saturated carbocycles. The Morgan fingerprint density at radius 2 is 1.87 bits per heavy atom. The van der Waals surface area contributed by atoms with E-state index >= 15 is 0 Å². The van der Waals surface area contributed by atoms with Crippen molar-refractivity contribution in [3.63, 3.8) is 0 Å². The molecule has 3 atom stereocenters. The van der Waals surface area contributed by atoms with Crippen LogP contribution in [-0.4, -0.2) is 9.81 Å². The molecule has 80 valence electrons. The van der Waals surface area contributed by atoms with Gasteiger partial charge in [0.1, 0.15) is 0 Å². The Bertz CT molecular complexity index is 328. The highest BCUT2D eigenvalue weighted by Gasteiger charge is 2.47. The molecule has 1 heterocycles. The van der Waals surface area contributed by atoms with E-state index in [4.69, 9.17) is 0 Å². The SMILES string of the molecule is BrC(Cc1ccncc1)C1CC2CC2C1. The molecule has 1 aromatic heterocycles. The van der Waals surface area contributed by atoms with Gasteiger partial charge >= 0.3 is 0 Å². The second-order valence-electron chi connectivity index (χ2n) is 5.06. The second-order valence-corrected chi connectivity index (χ2v) is 6.24. The van der Waals surface area contributed by atoms with Crippen molar-refractivity contribution >= 4 is 15.9 Å². The van der Waals surface area contributed by atoms with Gasteiger partial charge in [0.05, 0.1) is 0 Å². The summed E-state index contributed by atoms with van der Waals surface area (Å²) in [6.07, 6.45) is 9.39. The lowest BCUT2D eigenvalue weighted by Crippen LogP contribution is -2.15. The molecule has 0 spiro atoms. The van der Waals surface area contributed by atoms with Crippen LogP contribution in [0.25, 0.3) is 0 Å². The molecule has 0 saturated heterocycles. The van der Waals surface area contributed by atoms with E-state index in [9.17, 15) is 0 Å². The maximum absolute atomic E-state index is 4.05. The lowest BCUT2D eigenvalue weighted by atomic mass is 9.95. The number of rotatable bonds is 3. The molecule has 15 heavy (non-hydrogen) atoms. The van der Waals surface area contributed by atoms with Crippen molar-refractivity contribution in [3.05, 3.63) is 30.1 Å². The quantitative estimate of drug-likeness (QED) is 0.764. The molecule has 1 nitrogen and oxygen atoms in total. The maximum atomic E-state index is 4.05. The van der Waals surface area contributed by atoms with Crippen molar-refractivity contribution in [1.82, 2.24) is 4.98 Å². The summed E-state index contributed by atoms with van der Waals surface area (Å²) in [5.74, 6) is 3.10. The van der Waals surface area contributed by atoms with E-state index in [1.165, 1.54) is 24.8 Å². The zero-order chi connectivity index (χ0) is 10.3. The highest BCUT2D eigenvalue weighted by molar-refractivity contribution is 9.09. The molecular weight excluding hydrogens is 250 g/mol. The fourth-order valence-electron chi connectivity index (χ4n) is 2.97. The number of nitrogens with zero attached hydrogens (tertiary/aromatic N) is 1. The summed E-state index contributed by atoms with van der Waals surface area (Å²) in [6, 6.07) is 4.26. The Labute approximate surface area is 99.4 Å². The van der Waals surface area contributed by atoms with Crippen LogP contribution in [0.1, 0.15) is 24.8 Å².